The average Bonchev–Trinajstić information content (AvgIpc) is 2.29. The zero-order valence-electron chi connectivity index (χ0n) is 14.2. The first-order valence-corrected chi connectivity index (χ1v) is 8.16. The van der Waals surface area contributed by atoms with Crippen molar-refractivity contribution in [1.29, 1.82) is 0 Å². The number of rotatable bonds is 9. The van der Waals surface area contributed by atoms with Gasteiger partial charge in [0.15, 0.2) is 0 Å². The highest BCUT2D eigenvalue weighted by Gasteiger charge is 2.08. The molecule has 0 heterocycles. The molecule has 0 aromatic carbocycles. The molecule has 0 rings (SSSR count). The van der Waals surface area contributed by atoms with E-state index in [2.05, 4.69) is 41.5 Å². The predicted octanol–water partition coefficient (Wildman–Crippen LogP) is 4.63. The van der Waals surface area contributed by atoms with E-state index >= 15 is 0 Å². The van der Waals surface area contributed by atoms with Crippen LogP contribution in [0.4, 0.5) is 0 Å². The van der Waals surface area contributed by atoms with Gasteiger partial charge in [-0.2, -0.15) is 0 Å². The minimum absolute atomic E-state index is 0.0833. The Hall–Kier alpha value is -0.0800. The first kappa shape index (κ1) is 21.2. The molecular formula is C17H38O2. The van der Waals surface area contributed by atoms with Crippen LogP contribution in [0.15, 0.2) is 0 Å². The van der Waals surface area contributed by atoms with Crippen LogP contribution in [-0.4, -0.2) is 22.9 Å². The standard InChI is InChI=1S/C9H20O.C8H18O/c1-7(2)5-9(10)6-8(3)4;1-3-5-6-8(4-2)7-9/h7-10H,5-6H2,1-4H3;8-9H,3-7H2,1-2H3. The summed E-state index contributed by atoms with van der Waals surface area (Å²) in [6.07, 6.45) is 6.63. The second kappa shape index (κ2) is 14.3. The van der Waals surface area contributed by atoms with Crippen molar-refractivity contribution in [1.82, 2.24) is 0 Å². The SMILES string of the molecule is CC(C)CC(O)CC(C)C.CCCCC(CC)CO. The first-order valence-electron chi connectivity index (χ1n) is 8.16. The van der Waals surface area contributed by atoms with Crippen LogP contribution in [0, 0.1) is 17.8 Å². The first-order chi connectivity index (χ1) is 8.87. The van der Waals surface area contributed by atoms with Crippen molar-refractivity contribution in [2.24, 2.45) is 17.8 Å². The summed E-state index contributed by atoms with van der Waals surface area (Å²) in [5.41, 5.74) is 0. The van der Waals surface area contributed by atoms with E-state index in [1.54, 1.807) is 0 Å². The van der Waals surface area contributed by atoms with Crippen molar-refractivity contribution in [3.05, 3.63) is 0 Å². The van der Waals surface area contributed by atoms with Gasteiger partial charge in [-0.1, -0.05) is 60.8 Å². The summed E-state index contributed by atoms with van der Waals surface area (Å²) in [5, 5.41) is 18.1. The quantitative estimate of drug-likeness (QED) is 0.643. The normalized spacial score (nSPS) is 12.8. The van der Waals surface area contributed by atoms with Gasteiger partial charge in [-0.05, 0) is 37.0 Å². The lowest BCUT2D eigenvalue weighted by atomic mass is 9.98. The fourth-order valence-corrected chi connectivity index (χ4v) is 2.10. The maximum Gasteiger partial charge on any atom is 0.0545 e. The third-order valence-corrected chi connectivity index (χ3v) is 3.29. The Balaban J connectivity index is 0. The van der Waals surface area contributed by atoms with Crippen molar-refractivity contribution in [2.75, 3.05) is 6.61 Å². The molecule has 0 saturated heterocycles. The van der Waals surface area contributed by atoms with Crippen LogP contribution in [0.3, 0.4) is 0 Å². The van der Waals surface area contributed by atoms with E-state index in [1.807, 2.05) is 0 Å². The van der Waals surface area contributed by atoms with Crippen molar-refractivity contribution in [2.45, 2.75) is 86.2 Å². The third kappa shape index (κ3) is 17.9. The maximum absolute atomic E-state index is 9.39. The van der Waals surface area contributed by atoms with Gasteiger partial charge in [-0.3, -0.25) is 0 Å². The van der Waals surface area contributed by atoms with Crippen LogP contribution in [0.1, 0.15) is 80.1 Å². The van der Waals surface area contributed by atoms with Gasteiger partial charge in [0.05, 0.1) is 6.10 Å². The highest BCUT2D eigenvalue weighted by Crippen LogP contribution is 2.12. The molecular weight excluding hydrogens is 236 g/mol. The lowest BCUT2D eigenvalue weighted by Crippen LogP contribution is -2.12. The van der Waals surface area contributed by atoms with Crippen molar-refractivity contribution in [3.8, 4) is 0 Å². The van der Waals surface area contributed by atoms with Crippen LogP contribution in [0.5, 0.6) is 0 Å². The molecule has 0 aliphatic rings. The Morgan fingerprint density at radius 2 is 1.37 bits per heavy atom. The maximum atomic E-state index is 9.39. The molecule has 118 valence electrons. The lowest BCUT2D eigenvalue weighted by molar-refractivity contribution is 0.125. The number of hydrogen-bond donors (Lipinski definition) is 2. The summed E-state index contributed by atoms with van der Waals surface area (Å²) in [4.78, 5) is 0. The summed E-state index contributed by atoms with van der Waals surface area (Å²) >= 11 is 0. The minimum Gasteiger partial charge on any atom is -0.396 e. The fourth-order valence-electron chi connectivity index (χ4n) is 2.10. The van der Waals surface area contributed by atoms with Gasteiger partial charge < -0.3 is 10.2 Å². The molecule has 0 aliphatic carbocycles. The molecule has 0 aromatic heterocycles. The van der Waals surface area contributed by atoms with Crippen LogP contribution >= 0.6 is 0 Å². The molecule has 0 aliphatic heterocycles. The molecule has 19 heavy (non-hydrogen) atoms. The van der Waals surface area contributed by atoms with Gasteiger partial charge in [-0.25, -0.2) is 0 Å². The number of hydrogen-bond acceptors (Lipinski definition) is 2. The van der Waals surface area contributed by atoms with E-state index in [1.165, 1.54) is 19.3 Å². The molecule has 2 N–H and O–H groups in total. The summed E-state index contributed by atoms with van der Waals surface area (Å²) in [5.74, 6) is 1.80. The van der Waals surface area contributed by atoms with E-state index in [4.69, 9.17) is 5.11 Å². The van der Waals surface area contributed by atoms with E-state index in [0.717, 1.165) is 19.3 Å². The third-order valence-electron chi connectivity index (χ3n) is 3.29. The smallest absolute Gasteiger partial charge is 0.0545 e. The number of unbranched alkanes of at least 4 members (excludes halogenated alkanes) is 1. The van der Waals surface area contributed by atoms with Gasteiger partial charge in [0, 0.05) is 6.61 Å². The van der Waals surface area contributed by atoms with E-state index < -0.39 is 0 Å². The summed E-state index contributed by atoms with van der Waals surface area (Å²) < 4.78 is 0. The number of aliphatic hydroxyl groups excluding tert-OH is 2. The van der Waals surface area contributed by atoms with Crippen LogP contribution in [0.25, 0.3) is 0 Å². The largest absolute Gasteiger partial charge is 0.396 e. The molecule has 0 amide bonds. The summed E-state index contributed by atoms with van der Waals surface area (Å²) in [6, 6.07) is 0. The van der Waals surface area contributed by atoms with E-state index in [-0.39, 0.29) is 6.10 Å². The Morgan fingerprint density at radius 3 is 1.63 bits per heavy atom. The molecule has 0 radical (unpaired) electrons. The molecule has 0 saturated carbocycles. The van der Waals surface area contributed by atoms with E-state index in [9.17, 15) is 5.11 Å². The Kier molecular flexibility index (Phi) is 16.0. The Labute approximate surface area is 121 Å². The van der Waals surface area contributed by atoms with Crippen molar-refractivity contribution >= 4 is 0 Å². The average molecular weight is 274 g/mol. The molecule has 2 heteroatoms. The fraction of sp³-hybridized carbons (Fsp3) is 1.00. The molecule has 1 unspecified atom stereocenters. The monoisotopic (exact) mass is 274 g/mol. The minimum atomic E-state index is -0.0833. The van der Waals surface area contributed by atoms with Crippen LogP contribution < -0.4 is 0 Å². The lowest BCUT2D eigenvalue weighted by Gasteiger charge is -2.14. The van der Waals surface area contributed by atoms with Gasteiger partial charge in [0.1, 0.15) is 0 Å². The number of aliphatic hydroxyl groups is 2. The van der Waals surface area contributed by atoms with Crippen LogP contribution in [-0.2, 0) is 0 Å². The Bertz CT molecular complexity index is 153. The zero-order valence-corrected chi connectivity index (χ0v) is 14.2. The molecule has 0 aromatic rings. The van der Waals surface area contributed by atoms with Crippen molar-refractivity contribution < 1.29 is 10.2 Å². The molecule has 2 nitrogen and oxygen atoms in total. The second-order valence-corrected chi connectivity index (χ2v) is 6.51. The molecule has 0 fully saturated rings. The van der Waals surface area contributed by atoms with Gasteiger partial charge in [-0.15, -0.1) is 0 Å². The topological polar surface area (TPSA) is 40.5 Å². The predicted molar refractivity (Wildman–Crippen MR) is 85.3 cm³/mol. The molecule has 0 bridgehead atoms. The Morgan fingerprint density at radius 1 is 0.895 bits per heavy atom. The zero-order chi connectivity index (χ0) is 15.3. The molecule has 0 spiro atoms. The molecule has 1 atom stereocenters. The van der Waals surface area contributed by atoms with E-state index in [0.29, 0.717) is 24.4 Å². The van der Waals surface area contributed by atoms with Gasteiger partial charge in [0.25, 0.3) is 0 Å². The van der Waals surface area contributed by atoms with Gasteiger partial charge in [0.2, 0.25) is 0 Å². The van der Waals surface area contributed by atoms with Crippen molar-refractivity contribution in [3.63, 3.8) is 0 Å². The van der Waals surface area contributed by atoms with Gasteiger partial charge >= 0.3 is 0 Å². The second-order valence-electron chi connectivity index (χ2n) is 6.51. The summed E-state index contributed by atoms with van der Waals surface area (Å²) in [7, 11) is 0. The summed E-state index contributed by atoms with van der Waals surface area (Å²) in [6.45, 7) is 13.3. The highest BCUT2D eigenvalue weighted by molar-refractivity contribution is 4.60. The highest BCUT2D eigenvalue weighted by atomic mass is 16.3. The van der Waals surface area contributed by atoms with Crippen LogP contribution in [0.2, 0.25) is 0 Å².